The van der Waals surface area contributed by atoms with Crippen molar-refractivity contribution in [1.29, 1.82) is 0 Å². The van der Waals surface area contributed by atoms with E-state index in [1.807, 2.05) is 56.3 Å². The molecule has 0 saturated heterocycles. The van der Waals surface area contributed by atoms with E-state index in [1.54, 1.807) is 6.08 Å². The molecule has 2 aromatic heterocycles. The van der Waals surface area contributed by atoms with Gasteiger partial charge in [-0.25, -0.2) is 9.79 Å². The van der Waals surface area contributed by atoms with Crippen LogP contribution in [0.3, 0.4) is 0 Å². The van der Waals surface area contributed by atoms with Crippen LogP contribution in [0.2, 0.25) is 5.02 Å². The van der Waals surface area contributed by atoms with E-state index in [1.165, 1.54) is 31.2 Å². The van der Waals surface area contributed by atoms with Gasteiger partial charge in [0.1, 0.15) is 0 Å². The molecule has 0 saturated carbocycles. The first-order chi connectivity index (χ1) is 21.0. The number of allylic oxidation sites excluding steroid dienone is 1. The predicted molar refractivity (Wildman–Crippen MR) is 165 cm³/mol. The van der Waals surface area contributed by atoms with Crippen molar-refractivity contribution in [3.05, 3.63) is 125 Å². The van der Waals surface area contributed by atoms with Crippen LogP contribution in [-0.4, -0.2) is 28.3 Å². The van der Waals surface area contributed by atoms with Gasteiger partial charge in [-0.05, 0) is 61.7 Å². The van der Waals surface area contributed by atoms with Crippen LogP contribution in [0.5, 0.6) is 0 Å². The van der Waals surface area contributed by atoms with Crippen molar-refractivity contribution < 1.29 is 22.7 Å². The number of carbonyl (C=O) groups excluding carboxylic acids is 1. The lowest BCUT2D eigenvalue weighted by Crippen LogP contribution is -2.41. The summed E-state index contributed by atoms with van der Waals surface area (Å²) in [4.78, 5) is 34.5. The lowest BCUT2D eigenvalue weighted by atomic mass is 9.95. The Hall–Kier alpha value is -4.41. The zero-order chi connectivity index (χ0) is 31.3. The van der Waals surface area contributed by atoms with Gasteiger partial charge < -0.3 is 9.72 Å². The molecule has 1 aliphatic heterocycles. The van der Waals surface area contributed by atoms with Crippen molar-refractivity contribution in [2.45, 2.75) is 33.0 Å². The number of carbonyl (C=O) groups is 1. The van der Waals surface area contributed by atoms with E-state index in [9.17, 15) is 22.8 Å². The number of nitrogens with zero attached hydrogens (tertiary/aromatic N) is 2. The number of halogens is 4. The summed E-state index contributed by atoms with van der Waals surface area (Å²) >= 11 is 6.91. The second kappa shape index (κ2) is 11.3. The summed E-state index contributed by atoms with van der Waals surface area (Å²) in [5, 5.41) is 1.21. The Balaban J connectivity index is 1.68. The smallest absolute Gasteiger partial charge is 0.434 e. The first kappa shape index (κ1) is 29.7. The minimum atomic E-state index is -4.99. The van der Waals surface area contributed by atoms with Gasteiger partial charge in [0.25, 0.3) is 5.56 Å². The van der Waals surface area contributed by atoms with Gasteiger partial charge in [0.15, 0.2) is 10.5 Å². The number of aromatic amines is 1. The summed E-state index contributed by atoms with van der Waals surface area (Å²) in [5.41, 5.74) is 2.77. The number of aryl methyl sites for hydroxylation is 2. The second-order valence-electron chi connectivity index (χ2n) is 10.4. The number of nitrogens with one attached hydrogen (secondary N) is 1. The molecular weight excluding hydrogens is 611 g/mol. The number of rotatable bonds is 5. The Labute approximate surface area is 258 Å². The van der Waals surface area contributed by atoms with Crippen molar-refractivity contribution >= 4 is 45.9 Å². The molecule has 0 unspecified atom stereocenters. The van der Waals surface area contributed by atoms with Crippen LogP contribution < -0.4 is 14.9 Å². The van der Waals surface area contributed by atoms with Crippen LogP contribution in [0.15, 0.2) is 87.8 Å². The fraction of sp³-hybridized carbons (Fsp3) is 0.182. The van der Waals surface area contributed by atoms with Gasteiger partial charge in [-0.3, -0.25) is 9.36 Å². The van der Waals surface area contributed by atoms with E-state index in [0.29, 0.717) is 10.6 Å². The quantitative estimate of drug-likeness (QED) is 0.217. The lowest BCUT2D eigenvalue weighted by molar-refractivity contribution is -0.140. The molecule has 0 aliphatic carbocycles. The maximum atomic E-state index is 14.5. The van der Waals surface area contributed by atoms with Gasteiger partial charge in [-0.15, -0.1) is 0 Å². The monoisotopic (exact) mass is 635 g/mol. The molecule has 6 rings (SSSR count). The Morgan fingerprint density at radius 1 is 1.11 bits per heavy atom. The van der Waals surface area contributed by atoms with Gasteiger partial charge in [-0.1, -0.05) is 77.0 Å². The Morgan fingerprint density at radius 2 is 1.82 bits per heavy atom. The minimum absolute atomic E-state index is 0.159. The summed E-state index contributed by atoms with van der Waals surface area (Å²) < 4.78 is 49.8. The molecule has 6 nitrogen and oxygen atoms in total. The van der Waals surface area contributed by atoms with Gasteiger partial charge in [0.05, 0.1) is 28.4 Å². The molecular formula is C33H25ClF3N3O3S. The highest BCUT2D eigenvalue weighted by Gasteiger charge is 2.45. The molecule has 0 amide bonds. The lowest BCUT2D eigenvalue weighted by Gasteiger charge is -2.26. The van der Waals surface area contributed by atoms with Crippen molar-refractivity contribution in [2.24, 2.45) is 4.99 Å². The molecule has 1 atom stereocenters. The van der Waals surface area contributed by atoms with Crippen LogP contribution in [-0.2, 0) is 9.53 Å². The van der Waals surface area contributed by atoms with E-state index in [2.05, 4.69) is 9.98 Å². The van der Waals surface area contributed by atoms with E-state index in [4.69, 9.17) is 16.3 Å². The molecule has 11 heteroatoms. The molecule has 44 heavy (non-hydrogen) atoms. The first-order valence-corrected chi connectivity index (χ1v) is 14.9. The molecule has 1 aliphatic rings. The van der Waals surface area contributed by atoms with Crippen LogP contribution in [0.4, 0.5) is 13.2 Å². The average molecular weight is 636 g/mol. The topological polar surface area (TPSA) is 76.4 Å². The highest BCUT2D eigenvalue weighted by atomic mass is 35.5. The van der Waals surface area contributed by atoms with Crippen LogP contribution in [0.1, 0.15) is 35.2 Å². The number of hydrogen-bond acceptors (Lipinski definition) is 5. The van der Waals surface area contributed by atoms with Gasteiger partial charge >= 0.3 is 12.1 Å². The minimum Gasteiger partial charge on any atom is -0.463 e. The average Bonchev–Trinajstić information content (AvgIpc) is 3.50. The molecule has 0 spiro atoms. The predicted octanol–water partition coefficient (Wildman–Crippen LogP) is 6.76. The van der Waals surface area contributed by atoms with Crippen LogP contribution in [0.25, 0.3) is 28.2 Å². The number of benzene rings is 3. The fourth-order valence-electron chi connectivity index (χ4n) is 5.59. The number of ether oxygens (including phenoxy) is 1. The number of aromatic nitrogens is 2. The fourth-order valence-corrected chi connectivity index (χ4v) is 6.70. The summed E-state index contributed by atoms with van der Waals surface area (Å²) in [7, 11) is 0. The third-order valence-electron chi connectivity index (χ3n) is 7.41. The molecule has 0 bridgehead atoms. The van der Waals surface area contributed by atoms with Gasteiger partial charge in [-0.2, -0.15) is 13.2 Å². The molecule has 0 radical (unpaired) electrons. The van der Waals surface area contributed by atoms with E-state index in [-0.39, 0.29) is 21.5 Å². The first-order valence-electron chi connectivity index (χ1n) is 13.7. The highest BCUT2D eigenvalue weighted by molar-refractivity contribution is 7.07. The number of esters is 1. The molecule has 5 aromatic rings. The third kappa shape index (κ3) is 5.18. The second-order valence-corrected chi connectivity index (χ2v) is 11.8. The maximum absolute atomic E-state index is 14.5. The van der Waals surface area contributed by atoms with Gasteiger partial charge in [0.2, 0.25) is 0 Å². The third-order valence-corrected chi connectivity index (χ3v) is 8.64. The summed E-state index contributed by atoms with van der Waals surface area (Å²) in [6.45, 7) is 5.29. The normalized spacial score (nSPS) is 15.4. The molecule has 224 valence electrons. The summed E-state index contributed by atoms with van der Waals surface area (Å²) in [5.74, 6) is -1.20. The number of fused-ring (bicyclic) bond motifs is 2. The largest absolute Gasteiger partial charge is 0.463 e. The summed E-state index contributed by atoms with van der Waals surface area (Å²) in [6.07, 6.45) is -3.31. The summed E-state index contributed by atoms with van der Waals surface area (Å²) in [6, 6.07) is 18.1. The van der Waals surface area contributed by atoms with Crippen molar-refractivity contribution in [3.63, 3.8) is 0 Å². The van der Waals surface area contributed by atoms with Crippen LogP contribution >= 0.6 is 22.9 Å². The van der Waals surface area contributed by atoms with Crippen molar-refractivity contribution in [1.82, 2.24) is 9.55 Å². The number of alkyl halides is 3. The zero-order valence-corrected chi connectivity index (χ0v) is 25.3. The van der Waals surface area contributed by atoms with Crippen molar-refractivity contribution in [3.8, 4) is 11.3 Å². The van der Waals surface area contributed by atoms with E-state index < -0.39 is 35.0 Å². The number of H-pyrrole nitrogens is 1. The highest BCUT2D eigenvalue weighted by Crippen LogP contribution is 2.39. The SMILES string of the molecule is CCOC(=O)C1=C(C(F)(F)F)N=c2s/c(=C\c3c(-c4ccccc4)[nH]c4c(C)cc(C)cc34)c(=O)n2[C@H]1c1ccc(Cl)cc1. The number of hydrogen-bond donors (Lipinski definition) is 1. The molecule has 3 aromatic carbocycles. The molecule has 0 fully saturated rings. The molecule has 1 N–H and O–H groups in total. The zero-order valence-electron chi connectivity index (χ0n) is 23.8. The van der Waals surface area contributed by atoms with Gasteiger partial charge in [0, 0.05) is 21.5 Å². The van der Waals surface area contributed by atoms with E-state index >= 15 is 0 Å². The Bertz CT molecular complexity index is 2140. The Morgan fingerprint density at radius 3 is 2.48 bits per heavy atom. The standard InChI is InChI=1S/C33H25ClF3N3O3S/c1-4-43-31(42)25-28(20-10-12-21(34)13-11-20)40-30(41)24(44-32(40)39-29(25)33(35,36)37)16-23-22-15-17(2)14-18(3)26(22)38-27(23)19-8-6-5-7-9-19/h5-16,28,38H,4H2,1-3H3/b24-16-/t28-/m0/s1. The maximum Gasteiger partial charge on any atom is 0.434 e. The van der Waals surface area contributed by atoms with Crippen molar-refractivity contribution in [2.75, 3.05) is 6.61 Å². The Kier molecular flexibility index (Phi) is 7.59. The number of thiazole rings is 1. The van der Waals surface area contributed by atoms with Crippen LogP contribution in [0, 0.1) is 13.8 Å². The van der Waals surface area contributed by atoms with E-state index in [0.717, 1.165) is 49.2 Å². The molecule has 3 heterocycles.